The first kappa shape index (κ1) is 16.7. The SMILES string of the molecule is CCNCc1ccc(S(=O)(=O)N2CC(C)C(C)C2)cc1Cl. The van der Waals surface area contributed by atoms with Gasteiger partial charge in [-0.25, -0.2) is 8.42 Å². The molecular weight excluding hydrogens is 308 g/mol. The molecule has 0 aliphatic carbocycles. The highest BCUT2D eigenvalue weighted by Gasteiger charge is 2.35. The van der Waals surface area contributed by atoms with Crippen molar-refractivity contribution in [3.05, 3.63) is 28.8 Å². The number of halogens is 1. The number of nitrogens with zero attached hydrogens (tertiary/aromatic N) is 1. The highest BCUT2D eigenvalue weighted by atomic mass is 35.5. The van der Waals surface area contributed by atoms with Crippen molar-refractivity contribution in [2.75, 3.05) is 19.6 Å². The van der Waals surface area contributed by atoms with Gasteiger partial charge in [0.1, 0.15) is 0 Å². The maximum absolute atomic E-state index is 12.7. The summed E-state index contributed by atoms with van der Waals surface area (Å²) in [6.07, 6.45) is 0. The molecule has 1 N–H and O–H groups in total. The van der Waals surface area contributed by atoms with E-state index in [1.165, 1.54) is 0 Å². The molecule has 1 fully saturated rings. The topological polar surface area (TPSA) is 49.4 Å². The molecular formula is C15H23ClN2O2S. The van der Waals surface area contributed by atoms with Crippen molar-refractivity contribution in [2.45, 2.75) is 32.2 Å². The first-order valence-electron chi connectivity index (χ1n) is 7.35. The zero-order valence-electron chi connectivity index (χ0n) is 12.8. The second-order valence-corrected chi connectivity index (χ2v) is 8.16. The van der Waals surface area contributed by atoms with Crippen LogP contribution in [0.4, 0.5) is 0 Å². The Hall–Kier alpha value is -0.620. The Morgan fingerprint density at radius 3 is 2.43 bits per heavy atom. The van der Waals surface area contributed by atoms with Crippen LogP contribution in [0.15, 0.2) is 23.1 Å². The van der Waals surface area contributed by atoms with Crippen molar-refractivity contribution < 1.29 is 8.42 Å². The molecule has 1 heterocycles. The van der Waals surface area contributed by atoms with E-state index in [0.717, 1.165) is 12.1 Å². The lowest BCUT2D eigenvalue weighted by atomic mass is 10.0. The molecule has 6 heteroatoms. The summed E-state index contributed by atoms with van der Waals surface area (Å²) in [6.45, 7) is 8.86. The molecule has 2 rings (SSSR count). The van der Waals surface area contributed by atoms with Gasteiger partial charge in [0.15, 0.2) is 0 Å². The molecule has 2 unspecified atom stereocenters. The van der Waals surface area contributed by atoms with Crippen LogP contribution in [0.25, 0.3) is 0 Å². The van der Waals surface area contributed by atoms with Crippen LogP contribution in [0, 0.1) is 11.8 Å². The summed E-state index contributed by atoms with van der Waals surface area (Å²) in [5, 5.41) is 3.68. The lowest BCUT2D eigenvalue weighted by molar-refractivity contribution is 0.463. The molecule has 1 aliphatic rings. The summed E-state index contributed by atoms with van der Waals surface area (Å²) in [5.74, 6) is 0.784. The van der Waals surface area contributed by atoms with Crippen LogP contribution in [0.5, 0.6) is 0 Å². The Labute approximate surface area is 132 Å². The van der Waals surface area contributed by atoms with Crippen LogP contribution >= 0.6 is 11.6 Å². The molecule has 0 spiro atoms. The Kier molecular flexibility index (Phi) is 5.30. The van der Waals surface area contributed by atoms with E-state index in [2.05, 4.69) is 19.2 Å². The standard InChI is InChI=1S/C15H23ClN2O2S/c1-4-17-8-13-5-6-14(7-15(13)16)21(19,20)18-9-11(2)12(3)10-18/h5-7,11-12,17H,4,8-10H2,1-3H3. The molecule has 2 atom stereocenters. The third-order valence-electron chi connectivity index (χ3n) is 4.18. The predicted octanol–water partition coefficient (Wildman–Crippen LogP) is 2.73. The van der Waals surface area contributed by atoms with E-state index in [9.17, 15) is 8.42 Å². The lowest BCUT2D eigenvalue weighted by Gasteiger charge is -2.17. The molecule has 118 valence electrons. The van der Waals surface area contributed by atoms with Crippen LogP contribution in [0.3, 0.4) is 0 Å². The van der Waals surface area contributed by atoms with E-state index in [1.807, 2.05) is 6.92 Å². The molecule has 21 heavy (non-hydrogen) atoms. The quantitative estimate of drug-likeness (QED) is 0.903. The monoisotopic (exact) mass is 330 g/mol. The third-order valence-corrected chi connectivity index (χ3v) is 6.36. The van der Waals surface area contributed by atoms with Gasteiger partial charge >= 0.3 is 0 Å². The largest absolute Gasteiger partial charge is 0.313 e. The van der Waals surface area contributed by atoms with Gasteiger partial charge in [-0.1, -0.05) is 38.4 Å². The Morgan fingerprint density at radius 2 is 1.90 bits per heavy atom. The molecule has 0 aromatic heterocycles. The molecule has 1 aromatic rings. The van der Waals surface area contributed by atoms with E-state index in [0.29, 0.717) is 36.5 Å². The second-order valence-electron chi connectivity index (χ2n) is 5.81. The van der Waals surface area contributed by atoms with Crippen LogP contribution in [0.1, 0.15) is 26.3 Å². The minimum atomic E-state index is -3.44. The van der Waals surface area contributed by atoms with Crippen LogP contribution in [-0.2, 0) is 16.6 Å². The van der Waals surface area contributed by atoms with E-state index in [-0.39, 0.29) is 4.90 Å². The number of sulfonamides is 1. The van der Waals surface area contributed by atoms with Crippen molar-refractivity contribution in [2.24, 2.45) is 11.8 Å². The van der Waals surface area contributed by atoms with Gasteiger partial charge in [0.05, 0.1) is 4.90 Å². The molecule has 0 amide bonds. The molecule has 0 saturated carbocycles. The molecule has 1 saturated heterocycles. The summed E-state index contributed by atoms with van der Waals surface area (Å²) in [5.41, 5.74) is 0.917. The fourth-order valence-electron chi connectivity index (χ4n) is 2.51. The zero-order valence-corrected chi connectivity index (χ0v) is 14.3. The van der Waals surface area contributed by atoms with E-state index in [4.69, 9.17) is 11.6 Å². The van der Waals surface area contributed by atoms with Crippen molar-refractivity contribution >= 4 is 21.6 Å². The van der Waals surface area contributed by atoms with Crippen LogP contribution in [0.2, 0.25) is 5.02 Å². The fraction of sp³-hybridized carbons (Fsp3) is 0.600. The third kappa shape index (κ3) is 3.59. The minimum absolute atomic E-state index is 0.286. The highest BCUT2D eigenvalue weighted by Crippen LogP contribution is 2.29. The van der Waals surface area contributed by atoms with Gasteiger partial charge in [-0.05, 0) is 36.1 Å². The number of hydrogen-bond donors (Lipinski definition) is 1. The van der Waals surface area contributed by atoms with Gasteiger partial charge < -0.3 is 5.32 Å². The maximum atomic E-state index is 12.7. The molecule has 0 bridgehead atoms. The maximum Gasteiger partial charge on any atom is 0.243 e. The van der Waals surface area contributed by atoms with Gasteiger partial charge in [-0.2, -0.15) is 4.31 Å². The first-order chi connectivity index (χ1) is 9.86. The van der Waals surface area contributed by atoms with Crippen molar-refractivity contribution in [1.29, 1.82) is 0 Å². The number of rotatable bonds is 5. The average molecular weight is 331 g/mol. The Morgan fingerprint density at radius 1 is 1.29 bits per heavy atom. The lowest BCUT2D eigenvalue weighted by Crippen LogP contribution is -2.29. The van der Waals surface area contributed by atoms with E-state index in [1.54, 1.807) is 22.5 Å². The number of hydrogen-bond acceptors (Lipinski definition) is 3. The Bertz CT molecular complexity index is 594. The van der Waals surface area contributed by atoms with Gasteiger partial charge in [-0.15, -0.1) is 0 Å². The highest BCUT2D eigenvalue weighted by molar-refractivity contribution is 7.89. The van der Waals surface area contributed by atoms with Crippen molar-refractivity contribution in [1.82, 2.24) is 9.62 Å². The second kappa shape index (κ2) is 6.65. The zero-order chi connectivity index (χ0) is 15.6. The smallest absolute Gasteiger partial charge is 0.243 e. The number of nitrogens with one attached hydrogen (secondary N) is 1. The van der Waals surface area contributed by atoms with Gasteiger partial charge in [-0.3, -0.25) is 0 Å². The summed E-state index contributed by atoms with van der Waals surface area (Å²) in [6, 6.07) is 5.01. The summed E-state index contributed by atoms with van der Waals surface area (Å²) < 4.78 is 26.9. The van der Waals surface area contributed by atoms with Crippen LogP contribution < -0.4 is 5.32 Å². The van der Waals surface area contributed by atoms with E-state index < -0.39 is 10.0 Å². The predicted molar refractivity (Wildman–Crippen MR) is 85.9 cm³/mol. The summed E-state index contributed by atoms with van der Waals surface area (Å²) in [7, 11) is -3.44. The molecule has 0 radical (unpaired) electrons. The molecule has 1 aliphatic heterocycles. The molecule has 4 nitrogen and oxygen atoms in total. The van der Waals surface area contributed by atoms with E-state index >= 15 is 0 Å². The fourth-order valence-corrected chi connectivity index (χ4v) is 4.49. The van der Waals surface area contributed by atoms with Crippen molar-refractivity contribution in [3.63, 3.8) is 0 Å². The van der Waals surface area contributed by atoms with Gasteiger partial charge in [0.2, 0.25) is 10.0 Å². The summed E-state index contributed by atoms with van der Waals surface area (Å²) in [4.78, 5) is 0.286. The van der Waals surface area contributed by atoms with Gasteiger partial charge in [0.25, 0.3) is 0 Å². The first-order valence-corrected chi connectivity index (χ1v) is 9.17. The van der Waals surface area contributed by atoms with Gasteiger partial charge in [0, 0.05) is 24.7 Å². The average Bonchev–Trinajstić information content (AvgIpc) is 2.78. The van der Waals surface area contributed by atoms with Crippen molar-refractivity contribution in [3.8, 4) is 0 Å². The number of benzene rings is 1. The normalized spacial score (nSPS) is 23.6. The van der Waals surface area contributed by atoms with Crippen LogP contribution in [-0.4, -0.2) is 32.4 Å². The summed E-state index contributed by atoms with van der Waals surface area (Å²) >= 11 is 6.21. The Balaban J connectivity index is 2.23. The minimum Gasteiger partial charge on any atom is -0.313 e. The molecule has 1 aromatic carbocycles.